The maximum absolute atomic E-state index is 13.0. The first-order valence-corrected chi connectivity index (χ1v) is 10.1. The Kier molecular flexibility index (Phi) is 5.57. The Bertz CT molecular complexity index is 1370. The van der Waals surface area contributed by atoms with Crippen LogP contribution in [0.2, 0.25) is 5.02 Å². The lowest BCUT2D eigenvalue weighted by atomic mass is 10.1. The maximum Gasteiger partial charge on any atom is 0.335 e. The van der Waals surface area contributed by atoms with Gasteiger partial charge in [0, 0.05) is 22.7 Å². The Morgan fingerprint density at radius 3 is 2.45 bits per heavy atom. The van der Waals surface area contributed by atoms with E-state index in [-0.39, 0.29) is 22.7 Å². The minimum atomic E-state index is -0.894. The molecule has 10 heteroatoms. The van der Waals surface area contributed by atoms with Crippen LogP contribution >= 0.6 is 11.6 Å². The molecule has 33 heavy (non-hydrogen) atoms. The monoisotopic (exact) mass is 465 g/mol. The third-order valence-electron chi connectivity index (χ3n) is 5.13. The van der Waals surface area contributed by atoms with E-state index in [1.54, 1.807) is 38.1 Å². The molecule has 3 aromatic rings. The van der Waals surface area contributed by atoms with Crippen LogP contribution in [0.25, 0.3) is 17.4 Å². The highest BCUT2D eigenvalue weighted by molar-refractivity contribution is 6.39. The van der Waals surface area contributed by atoms with Crippen molar-refractivity contribution in [3.05, 3.63) is 86.1 Å². The molecule has 2 aromatic carbocycles. The average Bonchev–Trinajstić information content (AvgIpc) is 3.22. The Morgan fingerprint density at radius 1 is 1.03 bits per heavy atom. The van der Waals surface area contributed by atoms with Gasteiger partial charge in [0.05, 0.1) is 10.6 Å². The number of nitro groups is 1. The number of amides is 4. The number of imide groups is 2. The number of nitrogens with one attached hydrogen (secondary N) is 1. The Morgan fingerprint density at radius 2 is 1.76 bits per heavy atom. The normalized spacial score (nSPS) is 15.2. The number of carbonyl (C=O) groups excluding carboxylic acids is 3. The lowest BCUT2D eigenvalue weighted by molar-refractivity contribution is -0.384. The highest BCUT2D eigenvalue weighted by atomic mass is 35.5. The first-order valence-electron chi connectivity index (χ1n) is 9.68. The van der Waals surface area contributed by atoms with Crippen molar-refractivity contribution in [1.82, 2.24) is 5.32 Å². The van der Waals surface area contributed by atoms with E-state index in [0.717, 1.165) is 16.0 Å². The van der Waals surface area contributed by atoms with E-state index in [4.69, 9.17) is 16.0 Å². The van der Waals surface area contributed by atoms with Crippen molar-refractivity contribution in [3.8, 4) is 11.3 Å². The zero-order valence-corrected chi connectivity index (χ0v) is 18.2. The predicted octanol–water partition coefficient (Wildman–Crippen LogP) is 4.79. The lowest BCUT2D eigenvalue weighted by Gasteiger charge is -2.26. The quantitative estimate of drug-likeness (QED) is 0.256. The van der Waals surface area contributed by atoms with Gasteiger partial charge in [-0.05, 0) is 55.3 Å². The smallest absolute Gasteiger partial charge is 0.335 e. The zero-order valence-electron chi connectivity index (χ0n) is 17.4. The molecule has 4 amide bonds. The van der Waals surface area contributed by atoms with E-state index in [0.29, 0.717) is 16.3 Å². The van der Waals surface area contributed by atoms with Gasteiger partial charge in [0.25, 0.3) is 17.5 Å². The molecular formula is C23H16ClN3O6. The summed E-state index contributed by atoms with van der Waals surface area (Å²) in [5.41, 5.74) is 1.80. The molecule has 0 saturated carbocycles. The number of nitrogens with zero attached hydrogens (tertiary/aromatic N) is 2. The SMILES string of the molecule is Cc1ccc(N2C(=O)NC(=O)/C(=C/c3ccc(-c4cc([N+](=O)[O-])ccc4C)o3)C2=O)cc1Cl. The first-order chi connectivity index (χ1) is 15.7. The highest BCUT2D eigenvalue weighted by Gasteiger charge is 2.37. The van der Waals surface area contributed by atoms with Gasteiger partial charge in [-0.1, -0.05) is 23.7 Å². The molecule has 1 aromatic heterocycles. The number of aryl methyl sites for hydroxylation is 2. The summed E-state index contributed by atoms with van der Waals surface area (Å²) in [6.45, 7) is 3.55. The Labute approximate surface area is 192 Å². The van der Waals surface area contributed by atoms with Gasteiger partial charge in [-0.25, -0.2) is 9.69 Å². The van der Waals surface area contributed by atoms with Gasteiger partial charge in [0.2, 0.25) is 0 Å². The topological polar surface area (TPSA) is 123 Å². The van der Waals surface area contributed by atoms with Crippen LogP contribution in [0.15, 0.2) is 58.5 Å². The number of furan rings is 1. The lowest BCUT2D eigenvalue weighted by Crippen LogP contribution is -2.54. The van der Waals surface area contributed by atoms with E-state index in [9.17, 15) is 24.5 Å². The third kappa shape index (κ3) is 4.13. The summed E-state index contributed by atoms with van der Waals surface area (Å²) < 4.78 is 5.73. The van der Waals surface area contributed by atoms with Crippen LogP contribution < -0.4 is 10.2 Å². The molecular weight excluding hydrogens is 450 g/mol. The number of halogens is 1. The van der Waals surface area contributed by atoms with E-state index in [2.05, 4.69) is 5.32 Å². The number of hydrogen-bond acceptors (Lipinski definition) is 6. The van der Waals surface area contributed by atoms with Gasteiger partial charge in [-0.2, -0.15) is 0 Å². The number of barbiturate groups is 1. The summed E-state index contributed by atoms with van der Waals surface area (Å²) in [4.78, 5) is 49.1. The van der Waals surface area contributed by atoms with Crippen molar-refractivity contribution in [3.63, 3.8) is 0 Å². The van der Waals surface area contributed by atoms with Gasteiger partial charge in [0.1, 0.15) is 17.1 Å². The third-order valence-corrected chi connectivity index (χ3v) is 5.53. The van der Waals surface area contributed by atoms with Gasteiger partial charge < -0.3 is 4.42 Å². The Hall–Kier alpha value is -4.24. The summed E-state index contributed by atoms with van der Waals surface area (Å²) in [6, 6.07) is 11.2. The second kappa shape index (κ2) is 8.36. The van der Waals surface area contributed by atoms with Crippen molar-refractivity contribution < 1.29 is 23.7 Å². The van der Waals surface area contributed by atoms with Crippen molar-refractivity contribution in [1.29, 1.82) is 0 Å². The number of nitro benzene ring substituents is 1. The van der Waals surface area contributed by atoms with Crippen molar-refractivity contribution in [2.75, 3.05) is 4.90 Å². The van der Waals surface area contributed by atoms with Gasteiger partial charge in [-0.15, -0.1) is 0 Å². The number of non-ortho nitro benzene ring substituents is 1. The van der Waals surface area contributed by atoms with Crippen molar-refractivity contribution in [2.45, 2.75) is 13.8 Å². The number of carbonyl (C=O) groups is 3. The number of rotatable bonds is 4. The molecule has 4 rings (SSSR count). The maximum atomic E-state index is 13.0. The molecule has 1 aliphatic heterocycles. The molecule has 1 N–H and O–H groups in total. The second-order valence-electron chi connectivity index (χ2n) is 7.35. The molecule has 1 fully saturated rings. The fraction of sp³-hybridized carbons (Fsp3) is 0.0870. The van der Waals surface area contributed by atoms with Gasteiger partial charge in [0.15, 0.2) is 0 Å². The van der Waals surface area contributed by atoms with Gasteiger partial charge >= 0.3 is 6.03 Å². The minimum Gasteiger partial charge on any atom is -0.457 e. The molecule has 1 saturated heterocycles. The highest BCUT2D eigenvalue weighted by Crippen LogP contribution is 2.31. The fourth-order valence-electron chi connectivity index (χ4n) is 3.32. The van der Waals surface area contributed by atoms with Crippen LogP contribution in [-0.4, -0.2) is 22.8 Å². The van der Waals surface area contributed by atoms with E-state index >= 15 is 0 Å². The number of urea groups is 1. The summed E-state index contributed by atoms with van der Waals surface area (Å²) in [7, 11) is 0. The second-order valence-corrected chi connectivity index (χ2v) is 7.76. The summed E-state index contributed by atoms with van der Waals surface area (Å²) in [5.74, 6) is -1.23. The van der Waals surface area contributed by atoms with Crippen LogP contribution in [0.3, 0.4) is 0 Å². The zero-order chi connectivity index (χ0) is 23.9. The van der Waals surface area contributed by atoms with Crippen molar-refractivity contribution >= 4 is 46.9 Å². The molecule has 9 nitrogen and oxygen atoms in total. The fourth-order valence-corrected chi connectivity index (χ4v) is 3.49. The summed E-state index contributed by atoms with van der Waals surface area (Å²) >= 11 is 6.12. The van der Waals surface area contributed by atoms with Crippen LogP contribution in [0.5, 0.6) is 0 Å². The van der Waals surface area contributed by atoms with Crippen LogP contribution in [0, 0.1) is 24.0 Å². The average molecular weight is 466 g/mol. The van der Waals surface area contributed by atoms with Crippen LogP contribution in [-0.2, 0) is 9.59 Å². The molecule has 0 spiro atoms. The van der Waals surface area contributed by atoms with Crippen LogP contribution in [0.1, 0.15) is 16.9 Å². The molecule has 0 radical (unpaired) electrons. The number of benzene rings is 2. The van der Waals surface area contributed by atoms with Crippen molar-refractivity contribution in [2.24, 2.45) is 0 Å². The summed E-state index contributed by atoms with van der Waals surface area (Å²) in [5, 5.41) is 13.6. The largest absolute Gasteiger partial charge is 0.457 e. The molecule has 1 aliphatic rings. The van der Waals surface area contributed by atoms with Gasteiger partial charge in [-0.3, -0.25) is 25.0 Å². The number of anilines is 1. The van der Waals surface area contributed by atoms with E-state index in [1.165, 1.54) is 30.3 Å². The molecule has 0 bridgehead atoms. The predicted molar refractivity (Wildman–Crippen MR) is 121 cm³/mol. The molecule has 0 aliphatic carbocycles. The number of hydrogen-bond donors (Lipinski definition) is 1. The first kappa shape index (κ1) is 22.0. The molecule has 166 valence electrons. The molecule has 0 unspecified atom stereocenters. The standard InChI is InChI=1S/C23H16ClN3O6/c1-12-3-6-15(27(31)32)9-17(12)20-8-7-16(33-20)11-18-21(28)25-23(30)26(22(18)29)14-5-4-13(2)19(24)10-14/h3-11H,1-2H3,(H,25,28,30)/b18-11-. The Balaban J connectivity index is 1.70. The molecule has 2 heterocycles. The van der Waals surface area contributed by atoms with Crippen LogP contribution in [0.4, 0.5) is 16.2 Å². The summed E-state index contributed by atoms with van der Waals surface area (Å²) in [6.07, 6.45) is 1.21. The molecule has 0 atom stereocenters. The minimum absolute atomic E-state index is 0.0975. The van der Waals surface area contributed by atoms with E-state index < -0.39 is 22.8 Å². The van der Waals surface area contributed by atoms with E-state index in [1.807, 2.05) is 0 Å².